The molecule has 0 saturated carbocycles. The second-order valence-electron chi connectivity index (χ2n) is 6.25. The van der Waals surface area contributed by atoms with Crippen molar-refractivity contribution in [3.8, 4) is 5.75 Å². The van der Waals surface area contributed by atoms with Gasteiger partial charge >= 0.3 is 0 Å². The van der Waals surface area contributed by atoms with E-state index in [-0.39, 0.29) is 12.4 Å². The number of nitrogens with zero attached hydrogens (tertiary/aromatic N) is 1. The number of hydrogen-bond donors (Lipinski definition) is 1. The van der Waals surface area contributed by atoms with Gasteiger partial charge in [0, 0.05) is 18.5 Å². The fourth-order valence-electron chi connectivity index (χ4n) is 2.73. The van der Waals surface area contributed by atoms with Gasteiger partial charge in [0.2, 0.25) is 0 Å². The molecule has 0 aromatic heterocycles. The summed E-state index contributed by atoms with van der Waals surface area (Å²) in [7, 11) is 0. The summed E-state index contributed by atoms with van der Waals surface area (Å²) >= 11 is 0. The normalized spacial score (nSPS) is 18.1. The molecule has 22 heavy (non-hydrogen) atoms. The Morgan fingerprint density at radius 3 is 2.55 bits per heavy atom. The molecule has 1 aromatic carbocycles. The molecule has 0 bridgehead atoms. The van der Waals surface area contributed by atoms with E-state index in [9.17, 15) is 9.90 Å². The van der Waals surface area contributed by atoms with Gasteiger partial charge in [-0.15, -0.1) is 0 Å². The van der Waals surface area contributed by atoms with Crippen LogP contribution in [0.1, 0.15) is 43.5 Å². The molecule has 0 amide bonds. The fraction of sp³-hybridized carbons (Fsp3) is 0.611. The first-order chi connectivity index (χ1) is 10.6. The van der Waals surface area contributed by atoms with Gasteiger partial charge in [-0.25, -0.2) is 0 Å². The number of piperidine rings is 1. The third-order valence-electron chi connectivity index (χ3n) is 4.28. The van der Waals surface area contributed by atoms with Gasteiger partial charge in [-0.1, -0.05) is 13.8 Å². The number of β-amino-alcohol motifs (C(OH)–C–C–N with tert-alkyl or cyclic N) is 1. The number of hydrogen-bond acceptors (Lipinski definition) is 4. The van der Waals surface area contributed by atoms with Crippen molar-refractivity contribution in [3.63, 3.8) is 0 Å². The molecule has 1 fully saturated rings. The molecule has 1 N–H and O–H groups in total. The molecule has 1 heterocycles. The molecular weight excluding hydrogens is 278 g/mol. The number of likely N-dealkylation sites (tertiary alicyclic amines) is 1. The van der Waals surface area contributed by atoms with Crippen LogP contribution in [0.4, 0.5) is 0 Å². The summed E-state index contributed by atoms with van der Waals surface area (Å²) in [5.41, 5.74) is 0.706. The van der Waals surface area contributed by atoms with Gasteiger partial charge in [0.1, 0.15) is 18.5 Å². The lowest BCUT2D eigenvalue weighted by atomic mass is 9.99. The Balaban J connectivity index is 1.74. The zero-order chi connectivity index (χ0) is 15.9. The van der Waals surface area contributed by atoms with Crippen molar-refractivity contribution in [2.75, 3.05) is 26.2 Å². The van der Waals surface area contributed by atoms with Crippen molar-refractivity contribution < 1.29 is 14.6 Å². The Morgan fingerprint density at radius 2 is 1.95 bits per heavy atom. The topological polar surface area (TPSA) is 49.8 Å². The maximum Gasteiger partial charge on any atom is 0.162 e. The van der Waals surface area contributed by atoms with Gasteiger partial charge < -0.3 is 14.7 Å². The largest absolute Gasteiger partial charge is 0.491 e. The van der Waals surface area contributed by atoms with Crippen LogP contribution < -0.4 is 4.74 Å². The van der Waals surface area contributed by atoms with Gasteiger partial charge in [0.25, 0.3) is 0 Å². The SMILES string of the molecule is CCC(=O)c1ccc(OCC(O)CN2CCC(C)CC2)cc1. The number of benzene rings is 1. The van der Waals surface area contributed by atoms with E-state index >= 15 is 0 Å². The number of Topliss-reactive ketones (excluding diaryl/α,β-unsaturated/α-hetero) is 1. The Bertz CT molecular complexity index is 464. The lowest BCUT2D eigenvalue weighted by Crippen LogP contribution is -2.40. The molecule has 2 rings (SSSR count). The summed E-state index contributed by atoms with van der Waals surface area (Å²) in [6, 6.07) is 7.13. The highest BCUT2D eigenvalue weighted by Gasteiger charge is 2.18. The van der Waals surface area contributed by atoms with Crippen LogP contribution in [-0.4, -0.2) is 48.1 Å². The smallest absolute Gasteiger partial charge is 0.162 e. The number of carbonyl (C=O) groups is 1. The van der Waals surface area contributed by atoms with E-state index in [1.165, 1.54) is 12.8 Å². The van der Waals surface area contributed by atoms with Crippen LogP contribution in [0.3, 0.4) is 0 Å². The average molecular weight is 305 g/mol. The minimum absolute atomic E-state index is 0.130. The summed E-state index contributed by atoms with van der Waals surface area (Å²) in [4.78, 5) is 13.9. The lowest BCUT2D eigenvalue weighted by molar-refractivity contribution is 0.0563. The van der Waals surface area contributed by atoms with Crippen molar-refractivity contribution in [2.24, 2.45) is 5.92 Å². The van der Waals surface area contributed by atoms with E-state index in [2.05, 4.69) is 11.8 Å². The van der Waals surface area contributed by atoms with E-state index in [4.69, 9.17) is 4.74 Å². The van der Waals surface area contributed by atoms with E-state index in [1.807, 2.05) is 6.92 Å². The summed E-state index contributed by atoms with van der Waals surface area (Å²) < 4.78 is 5.61. The summed E-state index contributed by atoms with van der Waals surface area (Å²) in [6.45, 7) is 7.21. The summed E-state index contributed by atoms with van der Waals surface area (Å²) in [6.07, 6.45) is 2.44. The number of aliphatic hydroxyl groups is 1. The Labute approximate surface area is 133 Å². The molecule has 4 nitrogen and oxygen atoms in total. The molecule has 0 radical (unpaired) electrons. The molecule has 0 aliphatic carbocycles. The fourth-order valence-corrected chi connectivity index (χ4v) is 2.73. The number of ether oxygens (including phenoxy) is 1. The molecule has 1 atom stereocenters. The van der Waals surface area contributed by atoms with E-state index in [0.29, 0.717) is 24.3 Å². The predicted molar refractivity (Wildman–Crippen MR) is 87.4 cm³/mol. The molecule has 0 spiro atoms. The highest BCUT2D eigenvalue weighted by Crippen LogP contribution is 2.17. The molecule has 1 aliphatic heterocycles. The molecular formula is C18H27NO3. The summed E-state index contributed by atoms with van der Waals surface area (Å²) in [5, 5.41) is 10.1. The monoisotopic (exact) mass is 305 g/mol. The van der Waals surface area contributed by atoms with Crippen molar-refractivity contribution in [1.29, 1.82) is 0 Å². The zero-order valence-corrected chi connectivity index (χ0v) is 13.6. The first-order valence-corrected chi connectivity index (χ1v) is 8.25. The van der Waals surface area contributed by atoms with E-state index in [1.54, 1.807) is 24.3 Å². The zero-order valence-electron chi connectivity index (χ0n) is 13.6. The Morgan fingerprint density at radius 1 is 1.32 bits per heavy atom. The highest BCUT2D eigenvalue weighted by molar-refractivity contribution is 5.95. The Kier molecular flexibility index (Phi) is 6.40. The second kappa shape index (κ2) is 8.30. The second-order valence-corrected chi connectivity index (χ2v) is 6.25. The lowest BCUT2D eigenvalue weighted by Gasteiger charge is -2.31. The molecule has 1 saturated heterocycles. The van der Waals surface area contributed by atoms with Gasteiger partial charge in [-0.2, -0.15) is 0 Å². The molecule has 1 aliphatic rings. The minimum Gasteiger partial charge on any atom is -0.491 e. The molecule has 4 heteroatoms. The quantitative estimate of drug-likeness (QED) is 0.787. The van der Waals surface area contributed by atoms with Crippen LogP contribution in [0.15, 0.2) is 24.3 Å². The van der Waals surface area contributed by atoms with Crippen LogP contribution >= 0.6 is 0 Å². The number of rotatable bonds is 7. The number of carbonyl (C=O) groups excluding carboxylic acids is 1. The molecule has 122 valence electrons. The number of aliphatic hydroxyl groups excluding tert-OH is 1. The van der Waals surface area contributed by atoms with Crippen molar-refractivity contribution in [3.05, 3.63) is 29.8 Å². The third kappa shape index (κ3) is 5.11. The first kappa shape index (κ1) is 17.0. The maximum atomic E-state index is 11.5. The van der Waals surface area contributed by atoms with Gasteiger partial charge in [0.05, 0.1) is 0 Å². The van der Waals surface area contributed by atoms with Crippen LogP contribution in [-0.2, 0) is 0 Å². The van der Waals surface area contributed by atoms with Gasteiger partial charge in [-0.05, 0) is 56.1 Å². The van der Waals surface area contributed by atoms with E-state index < -0.39 is 6.10 Å². The van der Waals surface area contributed by atoms with Crippen LogP contribution in [0.2, 0.25) is 0 Å². The van der Waals surface area contributed by atoms with Crippen LogP contribution in [0.5, 0.6) is 5.75 Å². The van der Waals surface area contributed by atoms with Crippen LogP contribution in [0, 0.1) is 5.92 Å². The standard InChI is InChI=1S/C18H27NO3/c1-3-18(21)15-4-6-17(7-5-15)22-13-16(20)12-19-10-8-14(2)9-11-19/h4-7,14,16,20H,3,8-13H2,1-2H3. The number of ketones is 1. The minimum atomic E-state index is -0.481. The maximum absolute atomic E-state index is 11.5. The average Bonchev–Trinajstić information content (AvgIpc) is 2.55. The highest BCUT2D eigenvalue weighted by atomic mass is 16.5. The summed E-state index contributed by atoms with van der Waals surface area (Å²) in [5.74, 6) is 1.62. The predicted octanol–water partition coefficient (Wildman–Crippen LogP) is 2.75. The Hall–Kier alpha value is -1.39. The van der Waals surface area contributed by atoms with Gasteiger partial charge in [0.15, 0.2) is 5.78 Å². The van der Waals surface area contributed by atoms with Crippen molar-refractivity contribution >= 4 is 5.78 Å². The first-order valence-electron chi connectivity index (χ1n) is 8.25. The van der Waals surface area contributed by atoms with Gasteiger partial charge in [-0.3, -0.25) is 4.79 Å². The van der Waals surface area contributed by atoms with Crippen molar-refractivity contribution in [1.82, 2.24) is 4.90 Å². The van der Waals surface area contributed by atoms with E-state index in [0.717, 1.165) is 19.0 Å². The van der Waals surface area contributed by atoms with Crippen LogP contribution in [0.25, 0.3) is 0 Å². The third-order valence-corrected chi connectivity index (χ3v) is 4.28. The molecule has 1 aromatic rings. The molecule has 1 unspecified atom stereocenters. The van der Waals surface area contributed by atoms with Crippen molar-refractivity contribution in [2.45, 2.75) is 39.2 Å².